The Bertz CT molecular complexity index is 244. The Hall–Kier alpha value is -0.510. The highest BCUT2D eigenvalue weighted by Crippen LogP contribution is 2.51. The van der Waals surface area contributed by atoms with Gasteiger partial charge < -0.3 is 0 Å². The van der Waals surface area contributed by atoms with Gasteiger partial charge in [-0.1, -0.05) is 18.2 Å². The fourth-order valence-corrected chi connectivity index (χ4v) is 1.99. The second kappa shape index (κ2) is 3.47. The van der Waals surface area contributed by atoms with Gasteiger partial charge in [0.25, 0.3) is 0 Å². The molecule has 0 aliphatic rings. The first-order valence-electron chi connectivity index (χ1n) is 3.87. The third-order valence-corrected chi connectivity index (χ3v) is 4.03. The molecule has 12 heavy (non-hydrogen) atoms. The summed E-state index contributed by atoms with van der Waals surface area (Å²) < 4.78 is 19.4. The van der Waals surface area contributed by atoms with Crippen molar-refractivity contribution in [1.29, 1.82) is 0 Å². The molecule has 2 N–H and O–H groups in total. The third-order valence-electron chi connectivity index (χ3n) is 1.75. The zero-order valence-electron chi connectivity index (χ0n) is 7.27. The van der Waals surface area contributed by atoms with Crippen LogP contribution in [-0.2, 0) is 0 Å². The Morgan fingerprint density at radius 1 is 1.08 bits per heavy atom. The van der Waals surface area contributed by atoms with Gasteiger partial charge in [-0.2, -0.15) is 10.6 Å². The van der Waals surface area contributed by atoms with Crippen molar-refractivity contribution in [2.45, 2.75) is 24.0 Å². The number of rotatable bonds is 2. The largest absolute Gasteiger partial charge is 0.295 e. The molecule has 0 saturated heterocycles. The van der Waals surface area contributed by atoms with E-state index in [2.05, 4.69) is 0 Å². The van der Waals surface area contributed by atoms with Crippen LogP contribution in [0, 0.1) is 0 Å². The maximum Gasteiger partial charge on any atom is 0.0586 e. The second-order valence-electron chi connectivity index (χ2n) is 2.95. The van der Waals surface area contributed by atoms with Crippen molar-refractivity contribution in [2.24, 2.45) is 0 Å². The van der Waals surface area contributed by atoms with E-state index in [0.29, 0.717) is 4.90 Å². The van der Waals surface area contributed by atoms with Crippen molar-refractivity contribution >= 4 is 10.6 Å². The van der Waals surface area contributed by atoms with Crippen molar-refractivity contribution in [1.82, 2.24) is 0 Å². The van der Waals surface area contributed by atoms with Gasteiger partial charge in [-0.3, -0.25) is 9.11 Å². The molecule has 0 unspecified atom stereocenters. The zero-order chi connectivity index (χ0) is 9.19. The van der Waals surface area contributed by atoms with Gasteiger partial charge in [0.15, 0.2) is 0 Å². The molecule has 0 atom stereocenters. The minimum atomic E-state index is -2.58. The smallest absolute Gasteiger partial charge is 0.0586 e. The summed E-state index contributed by atoms with van der Waals surface area (Å²) >= 11 is 0. The molecule has 1 rings (SSSR count). The highest BCUT2D eigenvalue weighted by Gasteiger charge is 2.18. The maximum absolute atomic E-state index is 9.70. The average molecular weight is 186 g/mol. The first kappa shape index (κ1) is 9.58. The Morgan fingerprint density at radius 3 is 2.00 bits per heavy atom. The molecule has 0 heterocycles. The van der Waals surface area contributed by atoms with E-state index in [1.54, 1.807) is 12.1 Å². The third kappa shape index (κ3) is 1.80. The summed E-state index contributed by atoms with van der Waals surface area (Å²) in [6.07, 6.45) is 0. The molecule has 2 nitrogen and oxygen atoms in total. The Balaban J connectivity index is 2.98. The summed E-state index contributed by atoms with van der Waals surface area (Å²) in [5.41, 5.74) is 0. The van der Waals surface area contributed by atoms with Crippen LogP contribution < -0.4 is 0 Å². The summed E-state index contributed by atoms with van der Waals surface area (Å²) in [6.45, 7) is 3.62. The van der Waals surface area contributed by atoms with E-state index >= 15 is 0 Å². The molecule has 0 aliphatic heterocycles. The topological polar surface area (TPSA) is 40.5 Å². The van der Waals surface area contributed by atoms with E-state index in [1.165, 1.54) is 0 Å². The fourth-order valence-electron chi connectivity index (χ4n) is 0.893. The average Bonchev–Trinajstić information content (AvgIpc) is 2.06. The Labute approximate surface area is 74.6 Å². The van der Waals surface area contributed by atoms with Crippen LogP contribution in [0.1, 0.15) is 13.8 Å². The molecule has 3 heteroatoms. The normalized spacial score (nSPS) is 13.4. The van der Waals surface area contributed by atoms with E-state index in [4.69, 9.17) is 0 Å². The van der Waals surface area contributed by atoms with Crippen LogP contribution in [0.25, 0.3) is 0 Å². The monoisotopic (exact) mass is 186 g/mol. The van der Waals surface area contributed by atoms with Crippen molar-refractivity contribution in [3.8, 4) is 0 Å². The fraction of sp³-hybridized carbons (Fsp3) is 0.333. The quantitative estimate of drug-likeness (QED) is 0.744. The van der Waals surface area contributed by atoms with E-state index in [1.807, 2.05) is 32.0 Å². The van der Waals surface area contributed by atoms with E-state index in [0.717, 1.165) is 0 Å². The molecule has 0 saturated carbocycles. The Morgan fingerprint density at radius 2 is 1.58 bits per heavy atom. The van der Waals surface area contributed by atoms with Crippen LogP contribution in [0.4, 0.5) is 0 Å². The van der Waals surface area contributed by atoms with Crippen LogP contribution in [-0.4, -0.2) is 14.4 Å². The van der Waals surface area contributed by atoms with E-state index < -0.39 is 10.6 Å². The predicted octanol–water partition coefficient (Wildman–Crippen LogP) is 3.20. The first-order chi connectivity index (χ1) is 5.55. The van der Waals surface area contributed by atoms with Crippen LogP contribution in [0.5, 0.6) is 0 Å². The van der Waals surface area contributed by atoms with Crippen LogP contribution >= 0.6 is 10.6 Å². The molecular weight excluding hydrogens is 172 g/mol. The summed E-state index contributed by atoms with van der Waals surface area (Å²) in [5, 5.41) is -0.125. The number of benzene rings is 1. The van der Waals surface area contributed by atoms with Crippen molar-refractivity contribution in [3.63, 3.8) is 0 Å². The molecule has 0 spiro atoms. The van der Waals surface area contributed by atoms with Gasteiger partial charge >= 0.3 is 0 Å². The number of hydrogen-bond donors (Lipinski definition) is 2. The highest BCUT2D eigenvalue weighted by atomic mass is 32.3. The van der Waals surface area contributed by atoms with Crippen molar-refractivity contribution in [2.75, 3.05) is 0 Å². The summed E-state index contributed by atoms with van der Waals surface area (Å²) in [6, 6.07) is 8.97. The molecule has 1 aromatic rings. The second-order valence-corrected chi connectivity index (χ2v) is 5.55. The van der Waals surface area contributed by atoms with Gasteiger partial charge in [-0.05, 0) is 26.0 Å². The molecule has 0 aromatic heterocycles. The Kier molecular flexibility index (Phi) is 2.77. The summed E-state index contributed by atoms with van der Waals surface area (Å²) in [7, 11) is -2.58. The molecule has 0 amide bonds. The predicted molar refractivity (Wildman–Crippen MR) is 52.7 cm³/mol. The standard InChI is InChI=1S/C9H14O2S/c1-8(2)12(10,11)9-6-4-3-5-7-9/h3-8,10-11H,1-2H3. The molecule has 68 valence electrons. The molecule has 0 bridgehead atoms. The van der Waals surface area contributed by atoms with Gasteiger partial charge in [-0.25, -0.2) is 0 Å². The van der Waals surface area contributed by atoms with Crippen molar-refractivity contribution < 1.29 is 9.11 Å². The van der Waals surface area contributed by atoms with Crippen molar-refractivity contribution in [3.05, 3.63) is 30.3 Å². The SMILES string of the molecule is CC(C)S(O)(O)c1ccccc1. The lowest BCUT2D eigenvalue weighted by atomic mass is 10.4. The molecule has 0 fully saturated rings. The van der Waals surface area contributed by atoms with Gasteiger partial charge in [0.1, 0.15) is 0 Å². The van der Waals surface area contributed by atoms with E-state index in [9.17, 15) is 9.11 Å². The lowest BCUT2D eigenvalue weighted by Gasteiger charge is -2.36. The minimum absolute atomic E-state index is 0.125. The number of hydrogen-bond acceptors (Lipinski definition) is 2. The minimum Gasteiger partial charge on any atom is -0.295 e. The molecule has 1 aromatic carbocycles. The zero-order valence-corrected chi connectivity index (χ0v) is 8.08. The summed E-state index contributed by atoms with van der Waals surface area (Å²) in [4.78, 5) is 0.625. The van der Waals surface area contributed by atoms with Gasteiger partial charge in [-0.15, -0.1) is 0 Å². The lowest BCUT2D eigenvalue weighted by molar-refractivity contribution is 0.476. The molecule has 0 radical (unpaired) electrons. The summed E-state index contributed by atoms with van der Waals surface area (Å²) in [5.74, 6) is 0. The molecule has 0 aliphatic carbocycles. The highest BCUT2D eigenvalue weighted by molar-refractivity contribution is 8.24. The lowest BCUT2D eigenvalue weighted by Crippen LogP contribution is -2.10. The van der Waals surface area contributed by atoms with Gasteiger partial charge in [0, 0.05) is 5.25 Å². The van der Waals surface area contributed by atoms with E-state index in [-0.39, 0.29) is 5.25 Å². The van der Waals surface area contributed by atoms with Crippen LogP contribution in [0.2, 0.25) is 0 Å². The van der Waals surface area contributed by atoms with Crippen LogP contribution in [0.15, 0.2) is 35.2 Å². The van der Waals surface area contributed by atoms with Gasteiger partial charge in [0.05, 0.1) is 4.90 Å². The van der Waals surface area contributed by atoms with Crippen LogP contribution in [0.3, 0.4) is 0 Å². The maximum atomic E-state index is 9.70. The van der Waals surface area contributed by atoms with Gasteiger partial charge in [0.2, 0.25) is 0 Å². The first-order valence-corrected chi connectivity index (χ1v) is 5.48. The molecular formula is C9H14O2S.